The summed E-state index contributed by atoms with van der Waals surface area (Å²) in [6.45, 7) is 1.07. The highest BCUT2D eigenvalue weighted by atomic mass is 16.5. The summed E-state index contributed by atoms with van der Waals surface area (Å²) in [4.78, 5) is 13.3. The summed E-state index contributed by atoms with van der Waals surface area (Å²) in [5, 5.41) is 18.2. The molecule has 1 saturated heterocycles. The summed E-state index contributed by atoms with van der Waals surface area (Å²) < 4.78 is 4.66. The molecule has 16 heavy (non-hydrogen) atoms. The summed E-state index contributed by atoms with van der Waals surface area (Å²) in [5.41, 5.74) is 0. The van der Waals surface area contributed by atoms with E-state index in [-0.39, 0.29) is 18.6 Å². The first-order valence-corrected chi connectivity index (χ1v) is 5.77. The van der Waals surface area contributed by atoms with Gasteiger partial charge in [0.15, 0.2) is 0 Å². The van der Waals surface area contributed by atoms with Crippen molar-refractivity contribution in [1.29, 1.82) is 0 Å². The fourth-order valence-corrected chi connectivity index (χ4v) is 2.14. The first-order valence-electron chi connectivity index (χ1n) is 5.77. The summed E-state index contributed by atoms with van der Waals surface area (Å²) in [6, 6.07) is 0.141. The summed E-state index contributed by atoms with van der Waals surface area (Å²) in [6.07, 6.45) is 2.78. The van der Waals surface area contributed by atoms with Gasteiger partial charge < -0.3 is 14.9 Å². The van der Waals surface area contributed by atoms with Crippen molar-refractivity contribution in [2.24, 2.45) is 0 Å². The SMILES string of the molecule is COC(=O)CC1CCCCN1CC(O)CO. The van der Waals surface area contributed by atoms with Crippen LogP contribution in [0, 0.1) is 0 Å². The Labute approximate surface area is 96.0 Å². The predicted molar refractivity (Wildman–Crippen MR) is 58.9 cm³/mol. The van der Waals surface area contributed by atoms with Gasteiger partial charge in [0.2, 0.25) is 0 Å². The number of carbonyl (C=O) groups excluding carboxylic acids is 1. The molecule has 2 unspecified atom stereocenters. The smallest absolute Gasteiger partial charge is 0.307 e. The molecule has 0 aromatic rings. The molecule has 0 spiro atoms. The molecule has 2 N–H and O–H groups in total. The van der Waals surface area contributed by atoms with E-state index in [9.17, 15) is 9.90 Å². The molecule has 94 valence electrons. The summed E-state index contributed by atoms with van der Waals surface area (Å²) >= 11 is 0. The number of methoxy groups -OCH3 is 1. The van der Waals surface area contributed by atoms with E-state index in [0.717, 1.165) is 25.8 Å². The number of esters is 1. The lowest BCUT2D eigenvalue weighted by Gasteiger charge is -2.36. The van der Waals surface area contributed by atoms with Gasteiger partial charge in [-0.05, 0) is 19.4 Å². The minimum atomic E-state index is -0.724. The number of hydrogen-bond donors (Lipinski definition) is 2. The Balaban J connectivity index is 2.46. The number of rotatable bonds is 5. The van der Waals surface area contributed by atoms with Crippen LogP contribution in [0.25, 0.3) is 0 Å². The average Bonchev–Trinajstić information content (AvgIpc) is 2.31. The Bertz CT molecular complexity index is 222. The first kappa shape index (κ1) is 13.4. The van der Waals surface area contributed by atoms with Crippen molar-refractivity contribution in [2.45, 2.75) is 37.8 Å². The third kappa shape index (κ3) is 4.08. The van der Waals surface area contributed by atoms with Crippen LogP contribution in [0.15, 0.2) is 0 Å². The fourth-order valence-electron chi connectivity index (χ4n) is 2.14. The molecular formula is C11H21NO4. The van der Waals surface area contributed by atoms with E-state index in [1.165, 1.54) is 7.11 Å². The van der Waals surface area contributed by atoms with E-state index >= 15 is 0 Å². The van der Waals surface area contributed by atoms with Crippen LogP contribution in [0.5, 0.6) is 0 Å². The molecule has 0 radical (unpaired) electrons. The van der Waals surface area contributed by atoms with Crippen LogP contribution in [-0.2, 0) is 9.53 Å². The van der Waals surface area contributed by atoms with Crippen molar-refractivity contribution in [2.75, 3.05) is 26.8 Å². The van der Waals surface area contributed by atoms with Gasteiger partial charge in [0, 0.05) is 12.6 Å². The molecular weight excluding hydrogens is 210 g/mol. The zero-order valence-corrected chi connectivity index (χ0v) is 9.76. The number of nitrogens with zero attached hydrogens (tertiary/aromatic N) is 1. The maximum Gasteiger partial charge on any atom is 0.307 e. The van der Waals surface area contributed by atoms with Crippen molar-refractivity contribution in [3.05, 3.63) is 0 Å². The Morgan fingerprint density at radius 1 is 1.56 bits per heavy atom. The number of aliphatic hydroxyl groups is 2. The van der Waals surface area contributed by atoms with E-state index in [1.807, 2.05) is 0 Å². The maximum atomic E-state index is 11.2. The lowest BCUT2D eigenvalue weighted by Crippen LogP contribution is -2.45. The molecule has 1 rings (SSSR count). The summed E-state index contributed by atoms with van der Waals surface area (Å²) in [7, 11) is 1.39. The average molecular weight is 231 g/mol. The lowest BCUT2D eigenvalue weighted by molar-refractivity contribution is -0.142. The van der Waals surface area contributed by atoms with Crippen LogP contribution in [0.3, 0.4) is 0 Å². The van der Waals surface area contributed by atoms with Crippen LogP contribution >= 0.6 is 0 Å². The molecule has 0 aromatic carbocycles. The van der Waals surface area contributed by atoms with Crippen molar-refractivity contribution >= 4 is 5.97 Å². The zero-order chi connectivity index (χ0) is 12.0. The number of β-amino-alcohol motifs (C(OH)–C–C–N with tert-alkyl or cyclic N) is 1. The molecule has 5 heteroatoms. The van der Waals surface area contributed by atoms with Crippen molar-refractivity contribution in [3.63, 3.8) is 0 Å². The normalized spacial score (nSPS) is 24.1. The molecule has 0 aliphatic carbocycles. The van der Waals surface area contributed by atoms with Crippen LogP contribution in [0.4, 0.5) is 0 Å². The predicted octanol–water partition coefficient (Wildman–Crippen LogP) is -0.243. The van der Waals surface area contributed by atoms with Gasteiger partial charge in [0.05, 0.1) is 26.2 Å². The second kappa shape index (κ2) is 6.83. The summed E-state index contributed by atoms with van der Waals surface area (Å²) in [5.74, 6) is -0.213. The highest BCUT2D eigenvalue weighted by Crippen LogP contribution is 2.20. The third-order valence-corrected chi connectivity index (χ3v) is 3.04. The minimum absolute atomic E-state index is 0.141. The molecule has 0 amide bonds. The number of ether oxygens (including phenoxy) is 1. The van der Waals surface area contributed by atoms with Crippen LogP contribution in [-0.4, -0.2) is 60.0 Å². The first-order chi connectivity index (χ1) is 7.67. The highest BCUT2D eigenvalue weighted by molar-refractivity contribution is 5.69. The quantitative estimate of drug-likeness (QED) is 0.639. The van der Waals surface area contributed by atoms with Gasteiger partial charge in [-0.2, -0.15) is 0 Å². The highest BCUT2D eigenvalue weighted by Gasteiger charge is 2.26. The molecule has 1 aliphatic rings. The van der Waals surface area contributed by atoms with Gasteiger partial charge >= 0.3 is 5.97 Å². The van der Waals surface area contributed by atoms with Gasteiger partial charge in [-0.1, -0.05) is 6.42 Å². The van der Waals surface area contributed by atoms with E-state index in [1.54, 1.807) is 0 Å². The van der Waals surface area contributed by atoms with Crippen molar-refractivity contribution in [1.82, 2.24) is 4.90 Å². The lowest BCUT2D eigenvalue weighted by atomic mass is 9.99. The molecule has 0 saturated carbocycles. The van der Waals surface area contributed by atoms with Gasteiger partial charge in [-0.25, -0.2) is 0 Å². The molecule has 0 aromatic heterocycles. The Hall–Kier alpha value is -0.650. The van der Waals surface area contributed by atoms with E-state index in [0.29, 0.717) is 13.0 Å². The van der Waals surface area contributed by atoms with Gasteiger partial charge in [-0.3, -0.25) is 9.69 Å². The number of aliphatic hydroxyl groups excluding tert-OH is 2. The number of likely N-dealkylation sites (tertiary alicyclic amines) is 1. The molecule has 2 atom stereocenters. The second-order valence-electron chi connectivity index (χ2n) is 4.26. The van der Waals surface area contributed by atoms with Crippen molar-refractivity contribution < 1.29 is 19.7 Å². The third-order valence-electron chi connectivity index (χ3n) is 3.04. The molecule has 5 nitrogen and oxygen atoms in total. The van der Waals surface area contributed by atoms with Gasteiger partial charge in [0.1, 0.15) is 0 Å². The monoisotopic (exact) mass is 231 g/mol. The standard InChI is InChI=1S/C11H21NO4/c1-16-11(15)6-9-4-2-3-5-12(9)7-10(14)8-13/h9-10,13-14H,2-8H2,1H3. The molecule has 1 aliphatic heterocycles. The molecule has 1 heterocycles. The number of piperidine rings is 1. The van der Waals surface area contributed by atoms with E-state index in [4.69, 9.17) is 5.11 Å². The fraction of sp³-hybridized carbons (Fsp3) is 0.909. The number of carbonyl (C=O) groups is 1. The van der Waals surface area contributed by atoms with Crippen LogP contribution < -0.4 is 0 Å². The zero-order valence-electron chi connectivity index (χ0n) is 9.76. The second-order valence-corrected chi connectivity index (χ2v) is 4.26. The Morgan fingerprint density at radius 3 is 2.94 bits per heavy atom. The van der Waals surface area contributed by atoms with E-state index < -0.39 is 6.10 Å². The van der Waals surface area contributed by atoms with Gasteiger partial charge in [0.25, 0.3) is 0 Å². The van der Waals surface area contributed by atoms with Crippen molar-refractivity contribution in [3.8, 4) is 0 Å². The van der Waals surface area contributed by atoms with E-state index in [2.05, 4.69) is 9.64 Å². The molecule has 0 bridgehead atoms. The van der Waals surface area contributed by atoms with Crippen LogP contribution in [0.1, 0.15) is 25.7 Å². The largest absolute Gasteiger partial charge is 0.469 e. The Kier molecular flexibility index (Phi) is 5.73. The van der Waals surface area contributed by atoms with Crippen LogP contribution in [0.2, 0.25) is 0 Å². The molecule has 1 fully saturated rings. The van der Waals surface area contributed by atoms with Gasteiger partial charge in [-0.15, -0.1) is 0 Å². The number of hydrogen-bond acceptors (Lipinski definition) is 5. The Morgan fingerprint density at radius 2 is 2.31 bits per heavy atom. The maximum absolute atomic E-state index is 11.2. The topological polar surface area (TPSA) is 70.0 Å². The minimum Gasteiger partial charge on any atom is -0.469 e.